The molecule has 0 radical (unpaired) electrons. The molecule has 8 nitrogen and oxygen atoms in total. The van der Waals surface area contributed by atoms with E-state index in [2.05, 4.69) is 9.97 Å². The number of ether oxygens (including phenoxy) is 2. The third-order valence-corrected chi connectivity index (χ3v) is 4.97. The Morgan fingerprint density at radius 3 is 2.19 bits per heavy atom. The molecule has 0 aliphatic heterocycles. The van der Waals surface area contributed by atoms with Gasteiger partial charge in [-0.15, -0.1) is 0 Å². The number of hydrogen-bond acceptors (Lipinski definition) is 8. The molecular weight excluding hydrogens is 482 g/mol. The Labute approximate surface area is 252 Å². The van der Waals surface area contributed by atoms with E-state index < -0.39 is 18.5 Å². The Hall–Kier alpha value is -2.46. The number of fused-ring (bicyclic) bond motifs is 1. The van der Waals surface area contributed by atoms with Gasteiger partial charge in [0, 0.05) is 23.2 Å². The van der Waals surface area contributed by atoms with E-state index in [4.69, 9.17) is 9.47 Å². The topological polar surface area (TPSA) is 125 Å². The van der Waals surface area contributed by atoms with E-state index in [9.17, 15) is 19.8 Å². The second kappa shape index (κ2) is 14.3. The van der Waals surface area contributed by atoms with Gasteiger partial charge in [0.1, 0.15) is 12.4 Å². The number of carbonyl (C=O) groups excluding carboxylic acids is 2. The van der Waals surface area contributed by atoms with Crippen LogP contribution in [-0.4, -0.2) is 35.1 Å². The molecule has 172 valence electrons. The van der Waals surface area contributed by atoms with Crippen molar-refractivity contribution in [2.24, 2.45) is 0 Å². The Balaban J connectivity index is 0.00000228. The summed E-state index contributed by atoms with van der Waals surface area (Å²) in [6.45, 7) is -0.333. The third kappa shape index (κ3) is 8.30. The summed E-state index contributed by atoms with van der Waals surface area (Å²) in [5, 5.41) is 23.2. The molecule has 0 aliphatic carbocycles. The van der Waals surface area contributed by atoms with E-state index in [1.165, 1.54) is 0 Å². The molecule has 0 aliphatic rings. The van der Waals surface area contributed by atoms with Gasteiger partial charge in [0.25, 0.3) is 0 Å². The summed E-state index contributed by atoms with van der Waals surface area (Å²) in [5.74, 6) is -1.28. The van der Waals surface area contributed by atoms with Crippen LogP contribution in [0.3, 0.4) is 0 Å². The SMILES string of the molecule is O=C([O-])CCCOc1ccc2cc(-c3nc(OCC(=O)[O-])cc(-c4ccccc4)n3)ccc2c1.[Na+].[Na+]. The minimum Gasteiger partial charge on any atom is -0.550 e. The van der Waals surface area contributed by atoms with Gasteiger partial charge < -0.3 is 29.3 Å². The molecule has 4 aromatic rings. The number of rotatable bonds is 10. The van der Waals surface area contributed by atoms with Gasteiger partial charge in [-0.1, -0.05) is 48.5 Å². The smallest absolute Gasteiger partial charge is 0.550 e. The molecule has 1 aromatic heterocycles. The summed E-state index contributed by atoms with van der Waals surface area (Å²) in [6, 6.07) is 22.3. The summed E-state index contributed by atoms with van der Waals surface area (Å²) in [7, 11) is 0. The average molecular weight is 502 g/mol. The van der Waals surface area contributed by atoms with Gasteiger partial charge >= 0.3 is 59.1 Å². The van der Waals surface area contributed by atoms with Crippen LogP contribution < -0.4 is 78.8 Å². The summed E-state index contributed by atoms with van der Waals surface area (Å²) in [6.07, 6.45) is 0.324. The largest absolute Gasteiger partial charge is 1.00 e. The summed E-state index contributed by atoms with van der Waals surface area (Å²) in [5.41, 5.74) is 2.16. The number of aliphatic carboxylic acids is 2. The minimum atomic E-state index is -1.34. The molecule has 0 spiro atoms. The summed E-state index contributed by atoms with van der Waals surface area (Å²) < 4.78 is 10.9. The molecule has 0 saturated heterocycles. The van der Waals surface area contributed by atoms with Gasteiger partial charge in [-0.3, -0.25) is 0 Å². The van der Waals surface area contributed by atoms with E-state index >= 15 is 0 Å². The van der Waals surface area contributed by atoms with Crippen molar-refractivity contribution in [3.05, 3.63) is 72.8 Å². The van der Waals surface area contributed by atoms with Gasteiger partial charge in [0.05, 0.1) is 18.3 Å². The molecule has 0 bridgehead atoms. The molecule has 36 heavy (non-hydrogen) atoms. The van der Waals surface area contributed by atoms with Crippen molar-refractivity contribution >= 4 is 22.7 Å². The third-order valence-electron chi connectivity index (χ3n) is 4.97. The van der Waals surface area contributed by atoms with Crippen LogP contribution in [0.2, 0.25) is 0 Å². The number of carbonyl (C=O) groups is 2. The Kier molecular flexibility index (Phi) is 11.8. The molecule has 4 rings (SSSR count). The van der Waals surface area contributed by atoms with Crippen molar-refractivity contribution < 1.29 is 88.4 Å². The molecular formula is C26H20N2Na2O6. The number of carboxylic acid groups (broad SMARTS) is 2. The van der Waals surface area contributed by atoms with Crippen LogP contribution in [0.5, 0.6) is 11.6 Å². The van der Waals surface area contributed by atoms with Crippen molar-refractivity contribution in [1.29, 1.82) is 0 Å². The minimum absolute atomic E-state index is 0. The fraction of sp³-hybridized carbons (Fsp3) is 0.154. The quantitative estimate of drug-likeness (QED) is 0.159. The van der Waals surface area contributed by atoms with Gasteiger partial charge in [-0.2, -0.15) is 4.98 Å². The zero-order chi connectivity index (χ0) is 23.9. The first-order valence-electron chi connectivity index (χ1n) is 10.6. The standard InChI is InChI=1S/C26H22N2O6.2Na/c29-24(30)7-4-12-33-21-11-10-18-13-20(9-8-19(18)14-21)26-27-22(17-5-2-1-3-6-17)15-23(28-26)34-16-25(31)32;;/h1-3,5-6,8-11,13-15H,4,7,12,16H2,(H,29,30)(H,31,32);;/q;2*+1/p-2. The maximum atomic E-state index is 10.9. The van der Waals surface area contributed by atoms with Gasteiger partial charge in [0.15, 0.2) is 5.82 Å². The van der Waals surface area contributed by atoms with Gasteiger partial charge in [0.2, 0.25) is 5.88 Å². The van der Waals surface area contributed by atoms with E-state index in [0.717, 1.165) is 21.9 Å². The molecule has 0 amide bonds. The molecule has 10 heteroatoms. The normalized spacial score (nSPS) is 10.1. The molecule has 1 heterocycles. The molecule has 0 saturated carbocycles. The summed E-state index contributed by atoms with van der Waals surface area (Å²) >= 11 is 0. The maximum Gasteiger partial charge on any atom is 1.00 e. The number of carboxylic acids is 2. The first-order valence-corrected chi connectivity index (χ1v) is 10.6. The van der Waals surface area contributed by atoms with Crippen LogP contribution in [0.25, 0.3) is 33.4 Å². The van der Waals surface area contributed by atoms with E-state index in [-0.39, 0.29) is 78.0 Å². The van der Waals surface area contributed by atoms with Gasteiger partial charge in [-0.25, -0.2) is 4.98 Å². The van der Waals surface area contributed by atoms with Crippen LogP contribution >= 0.6 is 0 Å². The molecule has 0 N–H and O–H groups in total. The van der Waals surface area contributed by atoms with E-state index in [1.54, 1.807) is 12.1 Å². The van der Waals surface area contributed by atoms with Crippen LogP contribution in [0.1, 0.15) is 12.8 Å². The first kappa shape index (κ1) is 29.8. The fourth-order valence-corrected chi connectivity index (χ4v) is 3.38. The van der Waals surface area contributed by atoms with Crippen LogP contribution in [0.4, 0.5) is 0 Å². The Bertz CT molecular complexity index is 1330. The molecule has 0 atom stereocenters. The zero-order valence-electron chi connectivity index (χ0n) is 20.1. The molecule has 0 unspecified atom stereocenters. The van der Waals surface area contributed by atoms with E-state index in [1.807, 2.05) is 60.7 Å². The van der Waals surface area contributed by atoms with Crippen molar-refractivity contribution in [2.45, 2.75) is 12.8 Å². The van der Waals surface area contributed by atoms with Crippen LogP contribution in [0, 0.1) is 0 Å². The number of benzene rings is 3. The average Bonchev–Trinajstić information content (AvgIpc) is 2.85. The second-order valence-electron chi connectivity index (χ2n) is 7.49. The van der Waals surface area contributed by atoms with Crippen LogP contribution in [-0.2, 0) is 9.59 Å². The first-order chi connectivity index (χ1) is 16.5. The van der Waals surface area contributed by atoms with Gasteiger partial charge in [-0.05, 0) is 41.8 Å². The number of nitrogens with zero attached hydrogens (tertiary/aromatic N) is 2. The predicted molar refractivity (Wildman–Crippen MR) is 121 cm³/mol. The second-order valence-corrected chi connectivity index (χ2v) is 7.49. The van der Waals surface area contributed by atoms with Crippen molar-refractivity contribution in [3.63, 3.8) is 0 Å². The summed E-state index contributed by atoms with van der Waals surface area (Å²) in [4.78, 5) is 30.4. The van der Waals surface area contributed by atoms with E-state index in [0.29, 0.717) is 23.7 Å². The van der Waals surface area contributed by atoms with Crippen molar-refractivity contribution in [2.75, 3.05) is 13.2 Å². The number of hydrogen-bond donors (Lipinski definition) is 0. The molecule has 0 fully saturated rings. The monoisotopic (exact) mass is 502 g/mol. The van der Waals surface area contributed by atoms with Crippen LogP contribution in [0.15, 0.2) is 72.8 Å². The zero-order valence-corrected chi connectivity index (χ0v) is 24.1. The van der Waals surface area contributed by atoms with Crippen molar-refractivity contribution in [1.82, 2.24) is 9.97 Å². The molecule has 3 aromatic carbocycles. The predicted octanol–water partition coefficient (Wildman–Crippen LogP) is -3.99. The maximum absolute atomic E-state index is 10.9. The fourth-order valence-electron chi connectivity index (χ4n) is 3.38. The Morgan fingerprint density at radius 1 is 0.750 bits per heavy atom. The number of aromatic nitrogens is 2. The van der Waals surface area contributed by atoms with Crippen molar-refractivity contribution in [3.8, 4) is 34.3 Å². The Morgan fingerprint density at radius 2 is 1.47 bits per heavy atom.